The molecule has 0 unspecified atom stereocenters. The summed E-state index contributed by atoms with van der Waals surface area (Å²) in [4.78, 5) is 0. The van der Waals surface area contributed by atoms with E-state index >= 15 is 0 Å². The highest BCUT2D eigenvalue weighted by molar-refractivity contribution is 6.17. The third-order valence-corrected chi connectivity index (χ3v) is 5.28. The molecule has 0 bridgehead atoms. The number of nitrogens with one attached hydrogen (secondary N) is 3. The number of fused-ring (bicyclic) bond motifs is 3. The highest BCUT2D eigenvalue weighted by Gasteiger charge is 2.26. The van der Waals surface area contributed by atoms with Crippen molar-refractivity contribution in [2.24, 2.45) is 0 Å². The van der Waals surface area contributed by atoms with E-state index in [1.54, 1.807) is 20.3 Å². The van der Waals surface area contributed by atoms with E-state index in [2.05, 4.69) is 27.6 Å². The van der Waals surface area contributed by atoms with Gasteiger partial charge in [0.15, 0.2) is 11.5 Å². The molecule has 6 heteroatoms. The second kappa shape index (κ2) is 7.15. The topological polar surface area (TPSA) is 62.1 Å². The molecule has 0 atom stereocenters. The summed E-state index contributed by atoms with van der Waals surface area (Å²) in [6.45, 7) is 0. The van der Waals surface area contributed by atoms with Gasteiger partial charge in [-0.2, -0.15) is 0 Å². The number of benzene rings is 3. The molecule has 150 valence electrons. The molecule has 0 saturated carbocycles. The standard InChI is InChI=1S/C24H20FN3O2/c1-29-19-12-17-18(13-20(19)30-2)23-22(21(17)14-7-4-3-5-8-14)24(28-27-23)26-16-10-6-9-15(25)11-16/h3-13,26-28H,1-2H3. The number of hydrogen-bond donors (Lipinski definition) is 3. The van der Waals surface area contributed by atoms with Crippen LogP contribution < -0.4 is 14.8 Å². The lowest BCUT2D eigenvalue weighted by molar-refractivity contribution is 0.356. The Balaban J connectivity index is 1.78. The van der Waals surface area contributed by atoms with Crippen LogP contribution in [0.25, 0.3) is 33.2 Å². The van der Waals surface area contributed by atoms with Crippen LogP contribution in [-0.2, 0) is 0 Å². The molecule has 0 saturated heterocycles. The first-order valence-electron chi connectivity index (χ1n) is 9.55. The van der Waals surface area contributed by atoms with Gasteiger partial charge >= 0.3 is 0 Å². The maximum atomic E-state index is 13.7. The average molecular weight is 401 g/mol. The van der Waals surface area contributed by atoms with Crippen LogP contribution in [0.1, 0.15) is 0 Å². The Hall–Kier alpha value is -3.93. The molecule has 0 radical (unpaired) electrons. The van der Waals surface area contributed by atoms with Gasteiger partial charge in [0.1, 0.15) is 11.6 Å². The Kier molecular flexibility index (Phi) is 4.32. The lowest BCUT2D eigenvalue weighted by Crippen LogP contribution is -1.93. The van der Waals surface area contributed by atoms with Gasteiger partial charge in [-0.25, -0.2) is 4.39 Å². The van der Waals surface area contributed by atoms with Gasteiger partial charge in [-0.15, -0.1) is 0 Å². The number of H-pyrrole nitrogens is 2. The number of anilines is 2. The van der Waals surface area contributed by atoms with E-state index in [1.807, 2.05) is 36.4 Å². The van der Waals surface area contributed by atoms with Crippen molar-refractivity contribution in [2.45, 2.75) is 0 Å². The third-order valence-electron chi connectivity index (χ3n) is 5.28. The summed E-state index contributed by atoms with van der Waals surface area (Å²) < 4.78 is 24.8. The smallest absolute Gasteiger partial charge is 0.161 e. The first kappa shape index (κ1) is 18.1. The van der Waals surface area contributed by atoms with E-state index < -0.39 is 0 Å². The number of methoxy groups -OCH3 is 2. The van der Waals surface area contributed by atoms with Crippen LogP contribution in [0, 0.1) is 5.82 Å². The Morgan fingerprint density at radius 2 is 1.50 bits per heavy atom. The monoisotopic (exact) mass is 401 g/mol. The summed E-state index contributed by atoms with van der Waals surface area (Å²) in [5.74, 6) is 1.78. The van der Waals surface area contributed by atoms with E-state index in [0.29, 0.717) is 17.2 Å². The van der Waals surface area contributed by atoms with E-state index in [0.717, 1.165) is 39.0 Å². The molecule has 1 aliphatic carbocycles. The number of aromatic nitrogens is 2. The maximum absolute atomic E-state index is 13.7. The van der Waals surface area contributed by atoms with Gasteiger partial charge in [-0.3, -0.25) is 10.2 Å². The van der Waals surface area contributed by atoms with E-state index in [4.69, 9.17) is 9.47 Å². The van der Waals surface area contributed by atoms with E-state index in [1.165, 1.54) is 12.1 Å². The molecule has 5 nitrogen and oxygen atoms in total. The first-order chi connectivity index (χ1) is 14.7. The largest absolute Gasteiger partial charge is 0.493 e. The Morgan fingerprint density at radius 3 is 2.20 bits per heavy atom. The van der Waals surface area contributed by atoms with Crippen LogP contribution in [0.4, 0.5) is 15.9 Å². The van der Waals surface area contributed by atoms with Gasteiger partial charge in [0.25, 0.3) is 0 Å². The zero-order chi connectivity index (χ0) is 20.7. The quantitative estimate of drug-likeness (QED) is 0.330. The van der Waals surface area contributed by atoms with Crippen LogP contribution in [-0.4, -0.2) is 24.4 Å². The molecular formula is C24H20FN3O2. The molecule has 1 aliphatic heterocycles. The summed E-state index contributed by atoms with van der Waals surface area (Å²) in [6.07, 6.45) is 0. The van der Waals surface area contributed by atoms with E-state index in [9.17, 15) is 4.39 Å². The van der Waals surface area contributed by atoms with Crippen molar-refractivity contribution in [1.29, 1.82) is 0 Å². The maximum Gasteiger partial charge on any atom is 0.161 e. The third kappa shape index (κ3) is 2.85. The minimum absolute atomic E-state index is 0.294. The molecule has 0 aromatic heterocycles. The van der Waals surface area contributed by atoms with Gasteiger partial charge in [-0.1, -0.05) is 36.4 Å². The van der Waals surface area contributed by atoms with Crippen LogP contribution in [0.2, 0.25) is 0 Å². The van der Waals surface area contributed by atoms with Gasteiger partial charge in [0, 0.05) is 16.6 Å². The van der Waals surface area contributed by atoms with Gasteiger partial charge < -0.3 is 14.8 Å². The molecular weight excluding hydrogens is 381 g/mol. The number of rotatable bonds is 5. The zero-order valence-electron chi connectivity index (χ0n) is 16.5. The predicted molar refractivity (Wildman–Crippen MR) is 117 cm³/mol. The molecule has 0 fully saturated rings. The second-order valence-corrected chi connectivity index (χ2v) is 7.00. The summed E-state index contributed by atoms with van der Waals surface area (Å²) in [5.41, 5.74) is 4.70. The number of aromatic amines is 2. The van der Waals surface area contributed by atoms with Crippen molar-refractivity contribution in [2.75, 3.05) is 19.5 Å². The van der Waals surface area contributed by atoms with Crippen molar-refractivity contribution in [3.05, 3.63) is 72.5 Å². The van der Waals surface area contributed by atoms with Crippen LogP contribution in [0.3, 0.4) is 0 Å². The van der Waals surface area contributed by atoms with Gasteiger partial charge in [0.2, 0.25) is 0 Å². The summed E-state index contributed by atoms with van der Waals surface area (Å²) in [5, 5.41) is 11.8. The number of halogens is 1. The minimum atomic E-state index is -0.294. The van der Waals surface area contributed by atoms with Crippen LogP contribution in [0.15, 0.2) is 66.7 Å². The Bertz CT molecular complexity index is 1310. The van der Waals surface area contributed by atoms with Crippen molar-refractivity contribution in [3.8, 4) is 33.9 Å². The molecule has 2 aliphatic rings. The molecule has 0 spiro atoms. The predicted octanol–water partition coefficient (Wildman–Crippen LogP) is 6.17. The molecule has 0 amide bonds. The van der Waals surface area contributed by atoms with Crippen molar-refractivity contribution < 1.29 is 13.9 Å². The van der Waals surface area contributed by atoms with Crippen LogP contribution >= 0.6 is 0 Å². The SMILES string of the molecule is COc1cc2c3[nH][nH]c(Nc4cccc(F)c4)c-3c(-c3ccccc3)c2cc1OC. The highest BCUT2D eigenvalue weighted by atomic mass is 19.1. The number of ether oxygens (including phenoxy) is 2. The minimum Gasteiger partial charge on any atom is -0.493 e. The molecule has 1 heterocycles. The van der Waals surface area contributed by atoms with Gasteiger partial charge in [0.05, 0.1) is 25.5 Å². The highest BCUT2D eigenvalue weighted by Crippen LogP contribution is 2.50. The Morgan fingerprint density at radius 1 is 0.767 bits per heavy atom. The number of hydrogen-bond acceptors (Lipinski definition) is 3. The summed E-state index contributed by atoms with van der Waals surface area (Å²) >= 11 is 0. The summed E-state index contributed by atoms with van der Waals surface area (Å²) in [6, 6.07) is 20.5. The van der Waals surface area contributed by atoms with Crippen molar-refractivity contribution in [1.82, 2.24) is 10.2 Å². The molecule has 5 rings (SSSR count). The fraction of sp³-hybridized carbons (Fsp3) is 0.0833. The molecule has 3 aromatic rings. The van der Waals surface area contributed by atoms with Crippen LogP contribution in [0.5, 0.6) is 11.5 Å². The fourth-order valence-electron chi connectivity index (χ4n) is 3.96. The summed E-state index contributed by atoms with van der Waals surface area (Å²) in [7, 11) is 3.26. The van der Waals surface area contributed by atoms with Crippen molar-refractivity contribution in [3.63, 3.8) is 0 Å². The lowest BCUT2D eigenvalue weighted by Gasteiger charge is -2.09. The fourth-order valence-corrected chi connectivity index (χ4v) is 3.96. The molecule has 30 heavy (non-hydrogen) atoms. The average Bonchev–Trinajstić information content (AvgIpc) is 3.31. The zero-order valence-corrected chi connectivity index (χ0v) is 16.5. The van der Waals surface area contributed by atoms with E-state index in [-0.39, 0.29) is 5.82 Å². The molecule has 3 N–H and O–H groups in total. The van der Waals surface area contributed by atoms with Crippen molar-refractivity contribution >= 4 is 22.3 Å². The first-order valence-corrected chi connectivity index (χ1v) is 9.55. The van der Waals surface area contributed by atoms with Gasteiger partial charge in [-0.05, 0) is 41.3 Å². The normalized spacial score (nSPS) is 11.2. The second-order valence-electron chi connectivity index (χ2n) is 7.00. The Labute approximate surface area is 172 Å². The lowest BCUT2D eigenvalue weighted by atomic mass is 10.0. The molecule has 3 aromatic carbocycles.